The van der Waals surface area contributed by atoms with Crippen molar-refractivity contribution in [2.45, 2.75) is 52.7 Å². The third-order valence-electron chi connectivity index (χ3n) is 6.30. The minimum absolute atomic E-state index is 0.00632. The minimum atomic E-state index is -0.897. The van der Waals surface area contributed by atoms with Crippen LogP contribution in [-0.4, -0.2) is 113 Å². The van der Waals surface area contributed by atoms with E-state index in [0.29, 0.717) is 31.2 Å². The number of urea groups is 1. The van der Waals surface area contributed by atoms with Gasteiger partial charge in [-0.05, 0) is 32.8 Å². The highest BCUT2D eigenvalue weighted by atomic mass is 16.7. The van der Waals surface area contributed by atoms with Crippen molar-refractivity contribution in [3.8, 4) is 0 Å². The zero-order valence-electron chi connectivity index (χ0n) is 22.5. The molecule has 0 saturated carbocycles. The molecular formula is C26H39N5O6. The van der Waals surface area contributed by atoms with E-state index < -0.39 is 35.8 Å². The topological polar surface area (TPSA) is 103 Å². The monoisotopic (exact) mass is 517 g/mol. The van der Waals surface area contributed by atoms with E-state index in [-0.39, 0.29) is 19.6 Å². The third kappa shape index (κ3) is 7.12. The molecule has 0 radical (unpaired) electrons. The van der Waals surface area contributed by atoms with Gasteiger partial charge in [0.25, 0.3) is 5.91 Å². The first-order valence-electron chi connectivity index (χ1n) is 13.0. The fourth-order valence-corrected chi connectivity index (χ4v) is 4.37. The zero-order valence-corrected chi connectivity index (χ0v) is 22.5. The molecule has 3 saturated heterocycles. The van der Waals surface area contributed by atoms with Gasteiger partial charge in [0.1, 0.15) is 11.6 Å². The average molecular weight is 518 g/mol. The summed E-state index contributed by atoms with van der Waals surface area (Å²) in [6.45, 7) is 12.8. The second kappa shape index (κ2) is 12.3. The Morgan fingerprint density at radius 1 is 0.892 bits per heavy atom. The Labute approximate surface area is 218 Å². The number of piperazine rings is 2. The summed E-state index contributed by atoms with van der Waals surface area (Å²) in [6.07, 6.45) is -0.337. The Morgan fingerprint density at radius 2 is 1.51 bits per heavy atom. The van der Waals surface area contributed by atoms with E-state index in [4.69, 9.17) is 9.57 Å². The normalized spacial score (nSPS) is 20.3. The average Bonchev–Trinajstić information content (AvgIpc) is 3.12. The van der Waals surface area contributed by atoms with Crippen LogP contribution in [0.15, 0.2) is 30.3 Å². The molecule has 0 aromatic heterocycles. The maximum atomic E-state index is 12.9. The summed E-state index contributed by atoms with van der Waals surface area (Å²) in [5, 5.41) is 0.535. The van der Waals surface area contributed by atoms with Gasteiger partial charge < -0.3 is 24.3 Å². The van der Waals surface area contributed by atoms with Crippen molar-refractivity contribution in [1.29, 1.82) is 0 Å². The Morgan fingerprint density at radius 3 is 2.14 bits per heavy atom. The number of rotatable bonds is 4. The molecule has 3 aliphatic rings. The SMILES string of the molecule is CC.CC(C)(C)OC(=O)N1CCN2C(=O)N(OC(=O)N3CCN(CCc4ccccc4)CC3)C(=O)C2C1. The van der Waals surface area contributed by atoms with Crippen molar-refractivity contribution in [2.24, 2.45) is 0 Å². The quantitative estimate of drug-likeness (QED) is 0.566. The molecule has 37 heavy (non-hydrogen) atoms. The highest BCUT2D eigenvalue weighted by molar-refractivity contribution is 6.04. The molecular weight excluding hydrogens is 478 g/mol. The molecule has 3 aliphatic heterocycles. The molecule has 3 fully saturated rings. The lowest BCUT2D eigenvalue weighted by molar-refractivity contribution is -0.152. The molecule has 1 aromatic carbocycles. The second-order valence-corrected chi connectivity index (χ2v) is 9.97. The van der Waals surface area contributed by atoms with Gasteiger partial charge in [0, 0.05) is 45.8 Å². The fourth-order valence-electron chi connectivity index (χ4n) is 4.37. The third-order valence-corrected chi connectivity index (χ3v) is 6.30. The summed E-state index contributed by atoms with van der Waals surface area (Å²) in [7, 11) is 0. The van der Waals surface area contributed by atoms with Crippen LogP contribution in [-0.2, 0) is 20.8 Å². The van der Waals surface area contributed by atoms with Gasteiger partial charge >= 0.3 is 18.2 Å². The number of hydroxylamine groups is 2. The van der Waals surface area contributed by atoms with E-state index >= 15 is 0 Å². The Kier molecular flexibility index (Phi) is 9.36. The number of amides is 5. The summed E-state index contributed by atoms with van der Waals surface area (Å²) in [4.78, 5) is 62.4. The summed E-state index contributed by atoms with van der Waals surface area (Å²) in [5.74, 6) is -0.655. The highest BCUT2D eigenvalue weighted by Crippen LogP contribution is 2.24. The molecule has 11 nitrogen and oxygen atoms in total. The smallest absolute Gasteiger partial charge is 0.434 e. The van der Waals surface area contributed by atoms with Crippen LogP contribution in [0.1, 0.15) is 40.2 Å². The molecule has 11 heteroatoms. The summed E-state index contributed by atoms with van der Waals surface area (Å²) in [6, 6.07) is 8.64. The van der Waals surface area contributed by atoms with E-state index in [1.165, 1.54) is 20.3 Å². The number of imide groups is 1. The Balaban J connectivity index is 0.00000186. The van der Waals surface area contributed by atoms with E-state index in [1.54, 1.807) is 20.8 Å². The lowest BCUT2D eigenvalue weighted by Crippen LogP contribution is -2.55. The van der Waals surface area contributed by atoms with Gasteiger partial charge in [-0.1, -0.05) is 49.2 Å². The van der Waals surface area contributed by atoms with E-state index in [9.17, 15) is 19.2 Å². The van der Waals surface area contributed by atoms with E-state index in [1.807, 2.05) is 32.0 Å². The fraction of sp³-hybridized carbons (Fsp3) is 0.615. The second-order valence-electron chi connectivity index (χ2n) is 9.97. The number of fused-ring (bicyclic) bond motifs is 1. The first-order valence-corrected chi connectivity index (χ1v) is 13.0. The Bertz CT molecular complexity index is 958. The molecule has 0 N–H and O–H groups in total. The predicted molar refractivity (Wildman–Crippen MR) is 137 cm³/mol. The lowest BCUT2D eigenvalue weighted by Gasteiger charge is -2.35. The number of benzene rings is 1. The van der Waals surface area contributed by atoms with Gasteiger partial charge in [-0.25, -0.2) is 14.4 Å². The van der Waals surface area contributed by atoms with Crippen LogP contribution in [0, 0.1) is 0 Å². The molecule has 1 unspecified atom stereocenters. The standard InChI is InChI=1S/C24H33N5O6.C2H6/c1-24(2,3)34-22(32)27-15-16-28-19(17-27)20(30)29(21(28)31)35-23(33)26-13-11-25(12-14-26)10-9-18-7-5-4-6-8-18;1-2/h4-8,19H,9-17H2,1-3H3;1-2H3. The van der Waals surface area contributed by atoms with Gasteiger partial charge in [0.05, 0.1) is 6.54 Å². The molecule has 1 atom stereocenters. The number of carbonyl (C=O) groups excluding carboxylic acids is 4. The zero-order chi connectivity index (χ0) is 27.2. The number of hydrogen-bond acceptors (Lipinski definition) is 7. The van der Waals surface area contributed by atoms with Gasteiger partial charge in [-0.15, -0.1) is 0 Å². The molecule has 204 valence electrons. The predicted octanol–water partition coefficient (Wildman–Crippen LogP) is 2.81. The van der Waals surface area contributed by atoms with Crippen LogP contribution >= 0.6 is 0 Å². The number of ether oxygens (including phenoxy) is 1. The van der Waals surface area contributed by atoms with Crippen molar-refractivity contribution in [3.05, 3.63) is 35.9 Å². The van der Waals surface area contributed by atoms with Crippen LogP contribution in [0.25, 0.3) is 0 Å². The molecule has 3 heterocycles. The van der Waals surface area contributed by atoms with Crippen molar-refractivity contribution >= 4 is 24.1 Å². The van der Waals surface area contributed by atoms with Crippen LogP contribution < -0.4 is 0 Å². The van der Waals surface area contributed by atoms with Crippen molar-refractivity contribution in [3.63, 3.8) is 0 Å². The molecule has 4 rings (SSSR count). The van der Waals surface area contributed by atoms with Crippen LogP contribution in [0.3, 0.4) is 0 Å². The van der Waals surface area contributed by atoms with Crippen LogP contribution in [0.2, 0.25) is 0 Å². The number of carbonyl (C=O) groups is 4. The summed E-state index contributed by atoms with van der Waals surface area (Å²) < 4.78 is 5.37. The minimum Gasteiger partial charge on any atom is -0.444 e. The van der Waals surface area contributed by atoms with Gasteiger partial charge in [-0.3, -0.25) is 9.69 Å². The molecule has 0 spiro atoms. The maximum absolute atomic E-state index is 12.9. The maximum Gasteiger partial charge on any atom is 0.434 e. The van der Waals surface area contributed by atoms with E-state index in [0.717, 1.165) is 13.0 Å². The molecule has 5 amide bonds. The highest BCUT2D eigenvalue weighted by Gasteiger charge is 2.51. The Hall–Kier alpha value is -3.34. The van der Waals surface area contributed by atoms with Crippen molar-refractivity contribution < 1.29 is 28.8 Å². The van der Waals surface area contributed by atoms with Crippen LogP contribution in [0.5, 0.6) is 0 Å². The van der Waals surface area contributed by atoms with Crippen LogP contribution in [0.4, 0.5) is 14.4 Å². The summed E-state index contributed by atoms with van der Waals surface area (Å²) in [5.41, 5.74) is 0.596. The lowest BCUT2D eigenvalue weighted by atomic mass is 10.1. The number of hydrogen-bond donors (Lipinski definition) is 0. The van der Waals surface area contributed by atoms with Crippen molar-refractivity contribution in [1.82, 2.24) is 24.7 Å². The largest absolute Gasteiger partial charge is 0.444 e. The summed E-state index contributed by atoms with van der Waals surface area (Å²) >= 11 is 0. The van der Waals surface area contributed by atoms with Gasteiger partial charge in [-0.2, -0.15) is 0 Å². The first kappa shape index (κ1) is 28.2. The molecule has 1 aromatic rings. The van der Waals surface area contributed by atoms with Gasteiger partial charge in [0.15, 0.2) is 0 Å². The van der Waals surface area contributed by atoms with E-state index in [2.05, 4.69) is 17.0 Å². The first-order chi connectivity index (χ1) is 17.6. The van der Waals surface area contributed by atoms with Gasteiger partial charge in [0.2, 0.25) is 0 Å². The van der Waals surface area contributed by atoms with Crippen molar-refractivity contribution in [2.75, 3.05) is 52.4 Å². The number of nitrogens with zero attached hydrogens (tertiary/aromatic N) is 5. The molecule has 0 aliphatic carbocycles. The molecule has 0 bridgehead atoms.